The Labute approximate surface area is 83.4 Å². The van der Waals surface area contributed by atoms with Gasteiger partial charge in [-0.15, -0.1) is 11.8 Å². The lowest BCUT2D eigenvalue weighted by Gasteiger charge is -2.49. The third-order valence-electron chi connectivity index (χ3n) is 3.04. The van der Waals surface area contributed by atoms with Gasteiger partial charge in [-0.05, 0) is 18.9 Å². The van der Waals surface area contributed by atoms with E-state index in [1.54, 1.807) is 0 Å². The molecule has 2 aliphatic heterocycles. The summed E-state index contributed by atoms with van der Waals surface area (Å²) in [5, 5.41) is 0.433. The van der Waals surface area contributed by atoms with Crippen LogP contribution in [-0.4, -0.2) is 21.9 Å². The number of hydrogen-bond acceptors (Lipinski definition) is 2. The van der Waals surface area contributed by atoms with E-state index < -0.39 is 0 Å². The van der Waals surface area contributed by atoms with Crippen LogP contribution < -0.4 is 0 Å². The van der Waals surface area contributed by atoms with Gasteiger partial charge in [0.25, 0.3) is 0 Å². The topological polar surface area (TPSA) is 20.3 Å². The Balaban J connectivity index is 2.26. The Bertz CT molecular complexity index is 285. The van der Waals surface area contributed by atoms with Crippen LogP contribution in [0.15, 0.2) is 11.3 Å². The van der Waals surface area contributed by atoms with Crippen molar-refractivity contribution in [1.82, 2.24) is 4.90 Å². The molecule has 0 bridgehead atoms. The van der Waals surface area contributed by atoms with Gasteiger partial charge < -0.3 is 4.90 Å². The van der Waals surface area contributed by atoms with Crippen molar-refractivity contribution in [2.75, 3.05) is 5.75 Å². The van der Waals surface area contributed by atoms with Gasteiger partial charge in [-0.1, -0.05) is 13.8 Å². The summed E-state index contributed by atoms with van der Waals surface area (Å²) in [5.74, 6) is 1.65. The summed E-state index contributed by atoms with van der Waals surface area (Å²) in [6.07, 6.45) is 1.07. The summed E-state index contributed by atoms with van der Waals surface area (Å²) in [6, 6.07) is 0. The average molecular weight is 197 g/mol. The molecule has 2 atom stereocenters. The second-order valence-corrected chi connectivity index (χ2v) is 4.85. The van der Waals surface area contributed by atoms with Gasteiger partial charge in [0.2, 0.25) is 5.91 Å². The van der Waals surface area contributed by atoms with Crippen LogP contribution in [0.2, 0.25) is 0 Å². The first-order valence-electron chi connectivity index (χ1n) is 4.80. The SMILES string of the molecule is CCC1=C(C)N2C(=O)C(C)C2SC1. The molecule has 0 aromatic heterocycles. The summed E-state index contributed by atoms with van der Waals surface area (Å²) >= 11 is 1.91. The molecule has 0 spiro atoms. The highest BCUT2D eigenvalue weighted by molar-refractivity contribution is 8.00. The normalized spacial score (nSPS) is 33.2. The monoisotopic (exact) mass is 197 g/mol. The highest BCUT2D eigenvalue weighted by Crippen LogP contribution is 2.43. The first-order valence-corrected chi connectivity index (χ1v) is 5.85. The van der Waals surface area contributed by atoms with E-state index in [-0.39, 0.29) is 5.92 Å². The van der Waals surface area contributed by atoms with Crippen molar-refractivity contribution >= 4 is 17.7 Å². The average Bonchev–Trinajstić information content (AvgIpc) is 2.16. The van der Waals surface area contributed by atoms with Gasteiger partial charge in [-0.25, -0.2) is 0 Å². The van der Waals surface area contributed by atoms with Crippen molar-refractivity contribution in [3.63, 3.8) is 0 Å². The molecule has 3 heteroatoms. The number of amides is 1. The third-order valence-corrected chi connectivity index (χ3v) is 4.51. The van der Waals surface area contributed by atoms with Crippen molar-refractivity contribution < 1.29 is 4.79 Å². The smallest absolute Gasteiger partial charge is 0.233 e. The van der Waals surface area contributed by atoms with E-state index >= 15 is 0 Å². The number of carbonyl (C=O) groups is 1. The van der Waals surface area contributed by atoms with Crippen LogP contribution in [0.5, 0.6) is 0 Å². The van der Waals surface area contributed by atoms with Gasteiger partial charge in [0, 0.05) is 11.4 Å². The van der Waals surface area contributed by atoms with Crippen molar-refractivity contribution in [3.8, 4) is 0 Å². The van der Waals surface area contributed by atoms with Gasteiger partial charge in [-0.3, -0.25) is 4.79 Å². The molecule has 2 rings (SSSR count). The predicted molar refractivity (Wildman–Crippen MR) is 55.2 cm³/mol. The van der Waals surface area contributed by atoms with Crippen LogP contribution in [0.4, 0.5) is 0 Å². The van der Waals surface area contributed by atoms with Crippen LogP contribution in [-0.2, 0) is 4.79 Å². The molecule has 2 aliphatic rings. The fourth-order valence-corrected chi connectivity index (χ4v) is 3.60. The fraction of sp³-hybridized carbons (Fsp3) is 0.700. The van der Waals surface area contributed by atoms with Gasteiger partial charge in [0.15, 0.2) is 0 Å². The van der Waals surface area contributed by atoms with E-state index in [0.717, 1.165) is 12.2 Å². The lowest BCUT2D eigenvalue weighted by molar-refractivity contribution is -0.145. The molecule has 0 radical (unpaired) electrons. The number of allylic oxidation sites excluding steroid dienone is 1. The minimum absolute atomic E-state index is 0.235. The Morgan fingerprint density at radius 2 is 2.31 bits per heavy atom. The Kier molecular flexibility index (Phi) is 2.14. The van der Waals surface area contributed by atoms with Crippen LogP contribution in [0.3, 0.4) is 0 Å². The van der Waals surface area contributed by atoms with Crippen molar-refractivity contribution in [1.29, 1.82) is 0 Å². The third kappa shape index (κ3) is 1.13. The van der Waals surface area contributed by atoms with Gasteiger partial charge in [-0.2, -0.15) is 0 Å². The maximum atomic E-state index is 11.5. The fourth-order valence-electron chi connectivity index (χ4n) is 2.00. The first-order chi connectivity index (χ1) is 6.16. The summed E-state index contributed by atoms with van der Waals surface area (Å²) in [4.78, 5) is 13.5. The zero-order chi connectivity index (χ0) is 9.59. The molecule has 0 saturated carbocycles. The number of fused-ring (bicyclic) bond motifs is 1. The van der Waals surface area contributed by atoms with Crippen LogP contribution in [0, 0.1) is 5.92 Å². The van der Waals surface area contributed by atoms with E-state index in [2.05, 4.69) is 13.8 Å². The number of nitrogens with zero attached hydrogens (tertiary/aromatic N) is 1. The summed E-state index contributed by atoms with van der Waals surface area (Å²) < 4.78 is 0. The molecule has 13 heavy (non-hydrogen) atoms. The zero-order valence-electron chi connectivity index (χ0n) is 8.33. The minimum Gasteiger partial charge on any atom is -0.303 e. The largest absolute Gasteiger partial charge is 0.303 e. The highest BCUT2D eigenvalue weighted by Gasteiger charge is 2.47. The zero-order valence-corrected chi connectivity index (χ0v) is 9.15. The lowest BCUT2D eigenvalue weighted by Crippen LogP contribution is -2.58. The van der Waals surface area contributed by atoms with Gasteiger partial charge in [0.1, 0.15) is 0 Å². The number of thioether (sulfide) groups is 1. The maximum Gasteiger partial charge on any atom is 0.233 e. The van der Waals surface area contributed by atoms with Crippen molar-refractivity contribution in [2.45, 2.75) is 32.6 Å². The molecule has 0 aliphatic carbocycles. The molecule has 72 valence electrons. The first kappa shape index (κ1) is 9.13. The maximum absolute atomic E-state index is 11.5. The molecule has 1 fully saturated rings. The van der Waals surface area contributed by atoms with Crippen LogP contribution >= 0.6 is 11.8 Å². The Morgan fingerprint density at radius 1 is 1.62 bits per heavy atom. The van der Waals surface area contributed by atoms with E-state index in [1.807, 2.05) is 23.6 Å². The van der Waals surface area contributed by atoms with E-state index in [9.17, 15) is 4.79 Å². The quantitative estimate of drug-likeness (QED) is 0.601. The molecular weight excluding hydrogens is 182 g/mol. The molecule has 0 N–H and O–H groups in total. The van der Waals surface area contributed by atoms with E-state index in [1.165, 1.54) is 11.3 Å². The molecule has 2 heterocycles. The van der Waals surface area contributed by atoms with Gasteiger partial charge >= 0.3 is 0 Å². The lowest BCUT2D eigenvalue weighted by atomic mass is 9.98. The number of β-lactam (4-membered cyclic amide) rings is 1. The molecule has 2 unspecified atom stereocenters. The second-order valence-electron chi connectivity index (χ2n) is 3.74. The summed E-state index contributed by atoms with van der Waals surface area (Å²) in [5.41, 5.74) is 2.65. The van der Waals surface area contributed by atoms with Crippen molar-refractivity contribution in [3.05, 3.63) is 11.3 Å². The number of hydrogen-bond donors (Lipinski definition) is 0. The molecule has 2 nitrogen and oxygen atoms in total. The number of carbonyl (C=O) groups excluding carboxylic acids is 1. The second kappa shape index (κ2) is 3.05. The molecule has 1 saturated heterocycles. The standard InChI is InChI=1S/C10H15NOS/c1-4-8-5-13-10-6(2)9(12)11(10)7(8)3/h6,10H,4-5H2,1-3H3. The van der Waals surface area contributed by atoms with Gasteiger partial charge in [0.05, 0.1) is 11.3 Å². The summed E-state index contributed by atoms with van der Waals surface area (Å²) in [7, 11) is 0. The molecular formula is C10H15NOS. The van der Waals surface area contributed by atoms with Crippen molar-refractivity contribution in [2.24, 2.45) is 5.92 Å². The summed E-state index contributed by atoms with van der Waals surface area (Å²) in [6.45, 7) is 6.27. The van der Waals surface area contributed by atoms with E-state index in [0.29, 0.717) is 11.3 Å². The minimum atomic E-state index is 0.235. The molecule has 0 aromatic rings. The van der Waals surface area contributed by atoms with Crippen LogP contribution in [0.1, 0.15) is 27.2 Å². The molecule has 0 aromatic carbocycles. The number of rotatable bonds is 1. The Morgan fingerprint density at radius 3 is 2.92 bits per heavy atom. The molecule has 1 amide bonds. The predicted octanol–water partition coefficient (Wildman–Crippen LogP) is 2.22. The highest BCUT2D eigenvalue weighted by atomic mass is 32.2. The Hall–Kier alpha value is -0.440. The van der Waals surface area contributed by atoms with E-state index in [4.69, 9.17) is 0 Å². The van der Waals surface area contributed by atoms with Crippen LogP contribution in [0.25, 0.3) is 0 Å².